The first-order chi connectivity index (χ1) is 9.08. The molecule has 2 amide bonds. The van der Waals surface area contributed by atoms with Gasteiger partial charge in [0.15, 0.2) is 0 Å². The molecule has 0 aromatic heterocycles. The summed E-state index contributed by atoms with van der Waals surface area (Å²) in [7, 11) is 0. The van der Waals surface area contributed by atoms with Crippen LogP contribution in [0.3, 0.4) is 0 Å². The minimum absolute atomic E-state index is 0.0975. The zero-order valence-corrected chi connectivity index (χ0v) is 11.6. The van der Waals surface area contributed by atoms with Gasteiger partial charge >= 0.3 is 12.0 Å². The highest BCUT2D eigenvalue weighted by atomic mass is 79.9. The zero-order chi connectivity index (χ0) is 13.8. The fourth-order valence-electron chi connectivity index (χ4n) is 1.79. The van der Waals surface area contributed by atoms with Crippen molar-refractivity contribution in [2.45, 2.75) is 0 Å². The molecular formula is C12H13BrN2O4. The van der Waals surface area contributed by atoms with E-state index in [1.165, 1.54) is 6.07 Å². The minimum Gasteiger partial charge on any atom is -0.491 e. The lowest BCUT2D eigenvalue weighted by Crippen LogP contribution is -2.32. The Kier molecular flexibility index (Phi) is 4.26. The highest BCUT2D eigenvalue weighted by molar-refractivity contribution is 9.10. The van der Waals surface area contributed by atoms with Gasteiger partial charge in [0.05, 0.1) is 6.54 Å². The van der Waals surface area contributed by atoms with Crippen LogP contribution in [0.25, 0.3) is 0 Å². The average Bonchev–Trinajstić information content (AvgIpc) is 2.77. The second-order valence-corrected chi connectivity index (χ2v) is 4.93. The molecule has 102 valence electrons. The third-order valence-corrected chi connectivity index (χ3v) is 3.23. The van der Waals surface area contributed by atoms with E-state index in [-0.39, 0.29) is 18.2 Å². The van der Waals surface area contributed by atoms with Gasteiger partial charge in [-0.3, -0.25) is 0 Å². The number of nitrogens with zero attached hydrogens (tertiary/aromatic N) is 1. The van der Waals surface area contributed by atoms with Crippen molar-refractivity contribution in [2.24, 2.45) is 0 Å². The standard InChI is InChI=1S/C12H13BrN2O4/c13-8-1-2-10(9(7-8)11(16)17)19-6-5-15-4-3-14-12(15)18/h1-2,7H,3-6H2,(H,14,18)(H,16,17). The molecule has 7 heteroatoms. The Bertz CT molecular complexity index is 507. The summed E-state index contributed by atoms with van der Waals surface area (Å²) in [6.45, 7) is 1.97. The van der Waals surface area contributed by atoms with Crippen LogP contribution in [0, 0.1) is 0 Å². The van der Waals surface area contributed by atoms with Crippen LogP contribution < -0.4 is 10.1 Å². The summed E-state index contributed by atoms with van der Waals surface area (Å²) >= 11 is 3.21. The number of carbonyl (C=O) groups is 2. The first-order valence-corrected chi connectivity index (χ1v) is 6.55. The van der Waals surface area contributed by atoms with Gasteiger partial charge in [-0.05, 0) is 18.2 Å². The number of nitrogens with one attached hydrogen (secondary N) is 1. The van der Waals surface area contributed by atoms with Crippen LogP contribution in [0.5, 0.6) is 5.75 Å². The molecule has 1 saturated heterocycles. The number of aromatic carboxylic acids is 1. The van der Waals surface area contributed by atoms with Gasteiger partial charge in [0.25, 0.3) is 0 Å². The molecule has 19 heavy (non-hydrogen) atoms. The second kappa shape index (κ2) is 5.92. The van der Waals surface area contributed by atoms with Crippen molar-refractivity contribution in [2.75, 3.05) is 26.2 Å². The molecule has 2 rings (SSSR count). The maximum absolute atomic E-state index is 11.3. The van der Waals surface area contributed by atoms with Crippen molar-refractivity contribution in [3.05, 3.63) is 28.2 Å². The van der Waals surface area contributed by atoms with Crippen LogP contribution in [0.2, 0.25) is 0 Å². The van der Waals surface area contributed by atoms with Gasteiger partial charge in [-0.2, -0.15) is 0 Å². The Hall–Kier alpha value is -1.76. The summed E-state index contributed by atoms with van der Waals surface area (Å²) < 4.78 is 6.12. The lowest BCUT2D eigenvalue weighted by Gasteiger charge is -2.15. The number of benzene rings is 1. The summed E-state index contributed by atoms with van der Waals surface area (Å²) in [6.07, 6.45) is 0. The molecule has 0 saturated carbocycles. The van der Waals surface area contributed by atoms with Gasteiger partial charge in [0.1, 0.15) is 17.9 Å². The molecule has 1 aliphatic rings. The van der Waals surface area contributed by atoms with E-state index in [1.807, 2.05) is 0 Å². The summed E-state index contributed by atoms with van der Waals surface area (Å²) in [5.41, 5.74) is 0.0975. The summed E-state index contributed by atoms with van der Waals surface area (Å²) in [6, 6.07) is 4.68. The monoisotopic (exact) mass is 328 g/mol. The summed E-state index contributed by atoms with van der Waals surface area (Å²) in [4.78, 5) is 24.0. The number of hydrogen-bond acceptors (Lipinski definition) is 3. The van der Waals surface area contributed by atoms with Crippen molar-refractivity contribution in [1.29, 1.82) is 0 Å². The van der Waals surface area contributed by atoms with Gasteiger partial charge < -0.3 is 20.1 Å². The number of carboxylic acids is 1. The maximum Gasteiger partial charge on any atom is 0.339 e. The first-order valence-electron chi connectivity index (χ1n) is 5.76. The van der Waals surface area contributed by atoms with Crippen LogP contribution in [0.15, 0.2) is 22.7 Å². The van der Waals surface area contributed by atoms with Gasteiger partial charge in [0.2, 0.25) is 0 Å². The molecular weight excluding hydrogens is 316 g/mol. The molecule has 0 atom stereocenters. The Balaban J connectivity index is 1.95. The lowest BCUT2D eigenvalue weighted by atomic mass is 10.2. The van der Waals surface area contributed by atoms with E-state index >= 15 is 0 Å². The van der Waals surface area contributed by atoms with Gasteiger partial charge in [-0.15, -0.1) is 0 Å². The molecule has 1 fully saturated rings. The molecule has 1 heterocycles. The molecule has 1 aromatic rings. The number of hydrogen-bond donors (Lipinski definition) is 2. The summed E-state index contributed by atoms with van der Waals surface area (Å²) in [5.74, 6) is -0.745. The fraction of sp³-hybridized carbons (Fsp3) is 0.333. The maximum atomic E-state index is 11.3. The number of carbonyl (C=O) groups excluding carboxylic acids is 1. The van der Waals surface area contributed by atoms with Crippen LogP contribution in [0.4, 0.5) is 4.79 Å². The van der Waals surface area contributed by atoms with Crippen LogP contribution in [0.1, 0.15) is 10.4 Å². The molecule has 1 aliphatic heterocycles. The third kappa shape index (κ3) is 3.37. The molecule has 0 aliphatic carbocycles. The molecule has 0 radical (unpaired) electrons. The van der Waals surface area contributed by atoms with Crippen molar-refractivity contribution >= 4 is 27.9 Å². The van der Waals surface area contributed by atoms with E-state index in [9.17, 15) is 9.59 Å². The number of carboxylic acid groups (broad SMARTS) is 1. The molecule has 0 spiro atoms. The third-order valence-electron chi connectivity index (χ3n) is 2.74. The molecule has 0 bridgehead atoms. The normalized spacial score (nSPS) is 14.4. The first kappa shape index (κ1) is 13.7. The number of rotatable bonds is 5. The van der Waals surface area contributed by atoms with Gasteiger partial charge in [-0.25, -0.2) is 9.59 Å². The average molecular weight is 329 g/mol. The van der Waals surface area contributed by atoms with Crippen molar-refractivity contribution in [3.63, 3.8) is 0 Å². The number of urea groups is 1. The van der Waals surface area contributed by atoms with Crippen molar-refractivity contribution in [1.82, 2.24) is 10.2 Å². The smallest absolute Gasteiger partial charge is 0.339 e. The number of amides is 2. The molecule has 2 N–H and O–H groups in total. The number of ether oxygens (including phenoxy) is 1. The van der Waals surface area contributed by atoms with E-state index in [0.717, 1.165) is 0 Å². The fourth-order valence-corrected chi connectivity index (χ4v) is 2.15. The van der Waals surface area contributed by atoms with E-state index < -0.39 is 5.97 Å². The van der Waals surface area contributed by atoms with Gasteiger partial charge in [0, 0.05) is 17.6 Å². The van der Waals surface area contributed by atoms with Gasteiger partial charge in [-0.1, -0.05) is 15.9 Å². The minimum atomic E-state index is -1.05. The lowest BCUT2D eigenvalue weighted by molar-refractivity contribution is 0.0691. The molecule has 0 unspecified atom stereocenters. The quantitative estimate of drug-likeness (QED) is 0.859. The van der Waals surface area contributed by atoms with E-state index in [0.29, 0.717) is 29.9 Å². The second-order valence-electron chi connectivity index (χ2n) is 4.01. The predicted molar refractivity (Wildman–Crippen MR) is 71.6 cm³/mol. The Labute approximate surface area is 118 Å². The topological polar surface area (TPSA) is 78.9 Å². The highest BCUT2D eigenvalue weighted by Crippen LogP contribution is 2.23. The number of halogens is 1. The van der Waals surface area contributed by atoms with Crippen molar-refractivity contribution < 1.29 is 19.4 Å². The zero-order valence-electron chi connectivity index (χ0n) is 10.1. The highest BCUT2D eigenvalue weighted by Gasteiger charge is 2.19. The van der Waals surface area contributed by atoms with Crippen LogP contribution >= 0.6 is 15.9 Å². The van der Waals surface area contributed by atoms with Crippen LogP contribution in [-0.4, -0.2) is 48.2 Å². The van der Waals surface area contributed by atoms with Crippen LogP contribution in [-0.2, 0) is 0 Å². The summed E-state index contributed by atoms with van der Waals surface area (Å²) in [5, 5.41) is 11.8. The largest absolute Gasteiger partial charge is 0.491 e. The Morgan fingerprint density at radius 3 is 2.95 bits per heavy atom. The van der Waals surface area contributed by atoms with Crippen molar-refractivity contribution in [3.8, 4) is 5.75 Å². The Morgan fingerprint density at radius 1 is 1.53 bits per heavy atom. The molecule has 1 aromatic carbocycles. The SMILES string of the molecule is O=C(O)c1cc(Br)ccc1OCCN1CCNC1=O. The Morgan fingerprint density at radius 2 is 2.32 bits per heavy atom. The molecule has 6 nitrogen and oxygen atoms in total. The van der Waals surface area contributed by atoms with E-state index in [4.69, 9.17) is 9.84 Å². The van der Waals surface area contributed by atoms with E-state index in [1.54, 1.807) is 17.0 Å². The van der Waals surface area contributed by atoms with E-state index in [2.05, 4.69) is 21.2 Å². The predicted octanol–water partition coefficient (Wildman–Crippen LogP) is 1.55.